The van der Waals surface area contributed by atoms with Crippen molar-refractivity contribution in [3.8, 4) is 5.75 Å². The number of anilines is 1. The molecule has 148 valence electrons. The fraction of sp³-hybridized carbons (Fsp3) is 0.130. The maximum absolute atomic E-state index is 13.4. The zero-order valence-electron chi connectivity index (χ0n) is 16.0. The van der Waals surface area contributed by atoms with E-state index < -0.39 is 0 Å². The van der Waals surface area contributed by atoms with E-state index in [9.17, 15) is 9.59 Å². The van der Waals surface area contributed by atoms with Crippen LogP contribution in [0.2, 0.25) is 0 Å². The van der Waals surface area contributed by atoms with Gasteiger partial charge in [-0.3, -0.25) is 14.5 Å². The Hall–Kier alpha value is -4.00. The number of carbonyl (C=O) groups is 1. The van der Waals surface area contributed by atoms with Crippen LogP contribution in [-0.4, -0.2) is 27.5 Å². The van der Waals surface area contributed by atoms with E-state index in [4.69, 9.17) is 4.74 Å². The summed E-state index contributed by atoms with van der Waals surface area (Å²) in [7, 11) is 0. The minimum atomic E-state index is -0.341. The summed E-state index contributed by atoms with van der Waals surface area (Å²) in [5.74, 6) is 0.376. The second kappa shape index (κ2) is 7.44. The zero-order chi connectivity index (χ0) is 20.5. The van der Waals surface area contributed by atoms with Crippen molar-refractivity contribution in [1.29, 1.82) is 0 Å². The van der Waals surface area contributed by atoms with Crippen molar-refractivity contribution < 1.29 is 9.53 Å². The maximum Gasteiger partial charge on any atom is 0.278 e. The number of hydrogen-bond donors (Lipinski definition) is 0. The molecule has 0 spiro atoms. The largest absolute Gasteiger partial charge is 0.489 e. The molecule has 0 bridgehead atoms. The monoisotopic (exact) mass is 398 g/mol. The molecular weight excluding hydrogens is 380 g/mol. The number of rotatable bonds is 3. The number of para-hydroxylation sites is 2. The number of ether oxygens (including phenoxy) is 1. The second-order valence-electron chi connectivity index (χ2n) is 7.04. The van der Waals surface area contributed by atoms with Gasteiger partial charge >= 0.3 is 0 Å². The van der Waals surface area contributed by atoms with Gasteiger partial charge in [-0.25, -0.2) is 4.68 Å². The molecule has 1 aliphatic heterocycles. The van der Waals surface area contributed by atoms with E-state index in [1.54, 1.807) is 29.2 Å². The number of amides is 1. The number of benzene rings is 3. The quantitative estimate of drug-likeness (QED) is 0.530. The first-order valence-electron chi connectivity index (χ1n) is 9.64. The lowest BCUT2D eigenvalue weighted by Gasteiger charge is -2.37. The smallest absolute Gasteiger partial charge is 0.278 e. The summed E-state index contributed by atoms with van der Waals surface area (Å²) in [4.78, 5) is 27.9. The molecule has 4 aromatic rings. The molecule has 7 nitrogen and oxygen atoms in total. The lowest BCUT2D eigenvalue weighted by molar-refractivity contribution is -0.120. The van der Waals surface area contributed by atoms with Gasteiger partial charge in [-0.2, -0.15) is 0 Å². The summed E-state index contributed by atoms with van der Waals surface area (Å²) in [6.07, 6.45) is 0. The summed E-state index contributed by atoms with van der Waals surface area (Å²) in [5.41, 5.74) is 1.79. The molecule has 1 amide bonds. The van der Waals surface area contributed by atoms with Crippen molar-refractivity contribution in [1.82, 2.24) is 15.0 Å². The normalized spacial score (nSPS) is 15.5. The van der Waals surface area contributed by atoms with E-state index in [0.29, 0.717) is 28.9 Å². The highest BCUT2D eigenvalue weighted by molar-refractivity contribution is 5.96. The average Bonchev–Trinajstić information content (AvgIpc) is 2.81. The van der Waals surface area contributed by atoms with Crippen LogP contribution in [0.4, 0.5) is 5.69 Å². The Morgan fingerprint density at radius 2 is 1.70 bits per heavy atom. The predicted molar refractivity (Wildman–Crippen MR) is 112 cm³/mol. The zero-order valence-corrected chi connectivity index (χ0v) is 16.0. The molecule has 0 N–H and O–H groups in total. The topological polar surface area (TPSA) is 77.3 Å². The van der Waals surface area contributed by atoms with Gasteiger partial charge in [0.1, 0.15) is 24.4 Å². The van der Waals surface area contributed by atoms with Crippen molar-refractivity contribution in [3.63, 3.8) is 0 Å². The predicted octanol–water partition coefficient (Wildman–Crippen LogP) is 2.96. The third-order valence-corrected chi connectivity index (χ3v) is 5.20. The molecule has 0 saturated carbocycles. The molecule has 1 aromatic heterocycles. The number of nitrogens with zero attached hydrogens (tertiary/aromatic N) is 4. The van der Waals surface area contributed by atoms with Gasteiger partial charge in [0.2, 0.25) is 5.91 Å². The lowest BCUT2D eigenvalue weighted by atomic mass is 10.0. The molecule has 0 aliphatic carbocycles. The summed E-state index contributed by atoms with van der Waals surface area (Å²) < 4.78 is 7.03. The van der Waals surface area contributed by atoms with E-state index in [2.05, 4.69) is 10.3 Å². The summed E-state index contributed by atoms with van der Waals surface area (Å²) in [6.45, 7) is 0.111. The van der Waals surface area contributed by atoms with Crippen molar-refractivity contribution in [2.75, 3.05) is 11.5 Å². The minimum absolute atomic E-state index is 0.214. The Morgan fingerprint density at radius 3 is 2.57 bits per heavy atom. The number of hydrogen-bond acceptors (Lipinski definition) is 5. The molecule has 0 radical (unpaired) electrons. The maximum atomic E-state index is 13.4. The second-order valence-corrected chi connectivity index (χ2v) is 7.04. The van der Waals surface area contributed by atoms with E-state index in [1.165, 1.54) is 0 Å². The highest BCUT2D eigenvalue weighted by Crippen LogP contribution is 2.39. The molecule has 1 aliphatic rings. The molecule has 3 aromatic carbocycles. The van der Waals surface area contributed by atoms with Crippen molar-refractivity contribution in [2.24, 2.45) is 0 Å². The van der Waals surface area contributed by atoms with Crippen LogP contribution in [0.25, 0.3) is 10.9 Å². The van der Waals surface area contributed by atoms with Crippen LogP contribution in [0.5, 0.6) is 5.75 Å². The van der Waals surface area contributed by atoms with Crippen molar-refractivity contribution in [2.45, 2.75) is 12.6 Å². The highest BCUT2D eigenvalue weighted by Gasteiger charge is 2.33. The number of carbonyl (C=O) groups excluding carboxylic acids is 1. The van der Waals surface area contributed by atoms with Crippen LogP contribution in [0, 0.1) is 0 Å². The molecule has 5 rings (SSSR count). The summed E-state index contributed by atoms with van der Waals surface area (Å²) in [6, 6.07) is 23.8. The van der Waals surface area contributed by atoms with Gasteiger partial charge < -0.3 is 4.74 Å². The molecule has 1 atom stereocenters. The lowest BCUT2D eigenvalue weighted by Crippen LogP contribution is -2.44. The van der Waals surface area contributed by atoms with Gasteiger partial charge in [-0.05, 0) is 29.8 Å². The van der Waals surface area contributed by atoms with Crippen molar-refractivity contribution >= 4 is 22.5 Å². The van der Waals surface area contributed by atoms with Crippen LogP contribution in [0.3, 0.4) is 0 Å². The summed E-state index contributed by atoms with van der Waals surface area (Å²) >= 11 is 0. The SMILES string of the molecule is O=C(Cn1nnc2ccccc2c1=O)N1c2ccccc2OC[C@@H]1c1ccccc1. The third kappa shape index (κ3) is 3.10. The summed E-state index contributed by atoms with van der Waals surface area (Å²) in [5, 5.41) is 8.48. The first-order chi connectivity index (χ1) is 14.7. The van der Waals surface area contributed by atoms with Gasteiger partial charge in [-0.1, -0.05) is 59.8 Å². The van der Waals surface area contributed by atoms with Gasteiger partial charge in [0, 0.05) is 0 Å². The van der Waals surface area contributed by atoms with Gasteiger partial charge in [0.15, 0.2) is 0 Å². The Balaban J connectivity index is 1.55. The molecule has 7 heteroatoms. The Bertz CT molecular complexity index is 1290. The van der Waals surface area contributed by atoms with Crippen LogP contribution >= 0.6 is 0 Å². The Kier molecular flexibility index (Phi) is 4.48. The third-order valence-electron chi connectivity index (χ3n) is 5.20. The molecular formula is C23H18N4O3. The van der Waals surface area contributed by atoms with Gasteiger partial charge in [0.05, 0.1) is 17.1 Å². The first kappa shape index (κ1) is 18.1. The van der Waals surface area contributed by atoms with Crippen LogP contribution < -0.4 is 15.2 Å². The Morgan fingerprint density at radius 1 is 0.967 bits per heavy atom. The van der Waals surface area contributed by atoms with Gasteiger partial charge in [-0.15, -0.1) is 5.10 Å². The standard InChI is InChI=1S/C23H18N4O3/c28-22(14-26-23(29)17-10-4-5-11-18(17)24-25-26)27-19-12-6-7-13-21(19)30-15-20(27)16-8-2-1-3-9-16/h1-13,20H,14-15H2/t20-/m1/s1. The van der Waals surface area contributed by atoms with Gasteiger partial charge in [0.25, 0.3) is 5.56 Å². The van der Waals surface area contributed by atoms with Crippen LogP contribution in [-0.2, 0) is 11.3 Å². The molecule has 2 heterocycles. The molecule has 30 heavy (non-hydrogen) atoms. The van der Waals surface area contributed by atoms with Crippen LogP contribution in [0.1, 0.15) is 11.6 Å². The molecule has 0 saturated heterocycles. The van der Waals surface area contributed by atoms with E-state index >= 15 is 0 Å². The first-order valence-corrected chi connectivity index (χ1v) is 9.64. The average molecular weight is 398 g/mol. The molecule has 0 unspecified atom stereocenters. The van der Waals surface area contributed by atoms with E-state index in [0.717, 1.165) is 10.2 Å². The fourth-order valence-corrected chi connectivity index (χ4v) is 3.75. The van der Waals surface area contributed by atoms with E-state index in [1.807, 2.05) is 54.6 Å². The number of fused-ring (bicyclic) bond motifs is 2. The van der Waals surface area contributed by atoms with Crippen LogP contribution in [0.15, 0.2) is 83.7 Å². The minimum Gasteiger partial charge on any atom is -0.489 e. The highest BCUT2D eigenvalue weighted by atomic mass is 16.5. The number of aromatic nitrogens is 3. The molecule has 0 fully saturated rings. The fourth-order valence-electron chi connectivity index (χ4n) is 3.75. The van der Waals surface area contributed by atoms with E-state index in [-0.39, 0.29) is 24.1 Å². The van der Waals surface area contributed by atoms with Crippen molar-refractivity contribution in [3.05, 3.63) is 94.8 Å². The Labute approximate surface area is 172 Å².